The molecule has 1 atom stereocenters. The highest BCUT2D eigenvalue weighted by Gasteiger charge is 2.31. The lowest BCUT2D eigenvalue weighted by Crippen LogP contribution is -2.44. The maximum atomic E-state index is 13.0. The molecule has 3 heterocycles. The van der Waals surface area contributed by atoms with E-state index >= 15 is 0 Å². The van der Waals surface area contributed by atoms with Gasteiger partial charge in [-0.15, -0.1) is 0 Å². The molecule has 10 heteroatoms. The van der Waals surface area contributed by atoms with Gasteiger partial charge in [-0.25, -0.2) is 4.68 Å². The first kappa shape index (κ1) is 18.6. The van der Waals surface area contributed by atoms with Crippen molar-refractivity contribution in [3.05, 3.63) is 47.5 Å². The third-order valence-corrected chi connectivity index (χ3v) is 4.91. The minimum atomic E-state index is -4.42. The molecule has 1 unspecified atom stereocenters. The second kappa shape index (κ2) is 7.02. The number of hydrogen-bond donors (Lipinski definition) is 1. The van der Waals surface area contributed by atoms with Crippen LogP contribution in [0, 0.1) is 6.92 Å². The molecule has 4 rings (SSSR count). The zero-order valence-corrected chi connectivity index (χ0v) is 15.4. The lowest BCUT2D eigenvalue weighted by Gasteiger charge is -2.30. The van der Waals surface area contributed by atoms with Crippen LogP contribution in [0.2, 0.25) is 0 Å². The Kier molecular flexibility index (Phi) is 4.68. The van der Waals surface area contributed by atoms with E-state index in [1.54, 1.807) is 13.0 Å². The number of benzene rings is 1. The average Bonchev–Trinajstić information content (AvgIpc) is 3.28. The van der Waals surface area contributed by atoms with Gasteiger partial charge in [-0.3, -0.25) is 4.90 Å². The summed E-state index contributed by atoms with van der Waals surface area (Å²) in [6.07, 6.45) is -2.89. The molecule has 0 amide bonds. The summed E-state index contributed by atoms with van der Waals surface area (Å²) in [4.78, 5) is 6.63. The summed E-state index contributed by atoms with van der Waals surface area (Å²) in [5.41, 5.74) is 0.788. The molecule has 2 aromatic heterocycles. The van der Waals surface area contributed by atoms with Crippen molar-refractivity contribution in [2.45, 2.75) is 19.1 Å². The number of piperazine rings is 1. The van der Waals surface area contributed by atoms with Gasteiger partial charge in [-0.05, 0) is 32.2 Å². The fourth-order valence-electron chi connectivity index (χ4n) is 3.27. The quantitative estimate of drug-likeness (QED) is 0.739. The third kappa shape index (κ3) is 3.40. The summed E-state index contributed by atoms with van der Waals surface area (Å²) in [6, 6.07) is 5.02. The van der Waals surface area contributed by atoms with E-state index in [-0.39, 0.29) is 6.04 Å². The SMILES string of the molecule is Cc1c(-c2nc(C3CNCCN3C)no2)cnn1-c1cccc(C(F)(F)F)c1. The number of rotatable bonds is 3. The van der Waals surface area contributed by atoms with Crippen LogP contribution in [0.1, 0.15) is 23.1 Å². The Hall–Kier alpha value is -2.72. The highest BCUT2D eigenvalue weighted by molar-refractivity contribution is 5.57. The number of halogens is 3. The Morgan fingerprint density at radius 2 is 2.11 bits per heavy atom. The molecule has 0 radical (unpaired) electrons. The Bertz CT molecular complexity index is 980. The number of nitrogens with zero attached hydrogens (tertiary/aromatic N) is 5. The van der Waals surface area contributed by atoms with E-state index in [0.717, 1.165) is 31.8 Å². The van der Waals surface area contributed by atoms with Crippen molar-refractivity contribution in [2.75, 3.05) is 26.7 Å². The molecule has 1 N–H and O–H groups in total. The molecular formula is C18H19F3N6O. The van der Waals surface area contributed by atoms with E-state index in [1.807, 2.05) is 7.05 Å². The molecule has 1 aliphatic rings. The largest absolute Gasteiger partial charge is 0.416 e. The summed E-state index contributed by atoms with van der Waals surface area (Å²) >= 11 is 0. The fourth-order valence-corrected chi connectivity index (χ4v) is 3.27. The molecule has 3 aromatic rings. The predicted molar refractivity (Wildman–Crippen MR) is 94.8 cm³/mol. The zero-order chi connectivity index (χ0) is 19.9. The van der Waals surface area contributed by atoms with Crippen LogP contribution in [-0.2, 0) is 6.18 Å². The number of likely N-dealkylation sites (N-methyl/N-ethyl adjacent to an activating group) is 1. The smallest absolute Gasteiger partial charge is 0.334 e. The van der Waals surface area contributed by atoms with Crippen LogP contribution in [-0.4, -0.2) is 51.5 Å². The monoisotopic (exact) mass is 392 g/mol. The summed E-state index contributed by atoms with van der Waals surface area (Å²) in [5.74, 6) is 0.862. The third-order valence-electron chi connectivity index (χ3n) is 4.91. The van der Waals surface area contributed by atoms with Crippen molar-refractivity contribution in [3.63, 3.8) is 0 Å². The molecule has 28 heavy (non-hydrogen) atoms. The second-order valence-electron chi connectivity index (χ2n) is 6.76. The van der Waals surface area contributed by atoms with Gasteiger partial charge in [0.05, 0.1) is 34.7 Å². The lowest BCUT2D eigenvalue weighted by atomic mass is 10.2. The maximum absolute atomic E-state index is 13.0. The maximum Gasteiger partial charge on any atom is 0.416 e. The first-order valence-electron chi connectivity index (χ1n) is 8.82. The van der Waals surface area contributed by atoms with Crippen molar-refractivity contribution in [2.24, 2.45) is 0 Å². The van der Waals surface area contributed by atoms with E-state index in [1.165, 1.54) is 16.9 Å². The van der Waals surface area contributed by atoms with Crippen LogP contribution in [0.15, 0.2) is 35.0 Å². The Morgan fingerprint density at radius 3 is 2.86 bits per heavy atom. The Labute approximate surface area is 159 Å². The van der Waals surface area contributed by atoms with Crippen LogP contribution >= 0.6 is 0 Å². The van der Waals surface area contributed by atoms with Crippen LogP contribution < -0.4 is 5.32 Å². The summed E-state index contributed by atoms with van der Waals surface area (Å²) in [5, 5.41) is 11.6. The first-order valence-corrected chi connectivity index (χ1v) is 8.82. The van der Waals surface area contributed by atoms with Gasteiger partial charge in [-0.2, -0.15) is 23.3 Å². The minimum absolute atomic E-state index is 0.00469. The van der Waals surface area contributed by atoms with Gasteiger partial charge < -0.3 is 9.84 Å². The number of aromatic nitrogens is 4. The lowest BCUT2D eigenvalue weighted by molar-refractivity contribution is -0.137. The van der Waals surface area contributed by atoms with Crippen molar-refractivity contribution < 1.29 is 17.7 Å². The molecule has 7 nitrogen and oxygen atoms in total. The molecule has 148 valence electrons. The Morgan fingerprint density at radius 1 is 1.29 bits per heavy atom. The van der Waals surface area contributed by atoms with Gasteiger partial charge in [0.25, 0.3) is 5.89 Å². The summed E-state index contributed by atoms with van der Waals surface area (Å²) < 4.78 is 45.8. The Balaban J connectivity index is 1.65. The first-order chi connectivity index (χ1) is 13.3. The average molecular weight is 392 g/mol. The molecule has 0 aliphatic carbocycles. The fraction of sp³-hybridized carbons (Fsp3) is 0.389. The highest BCUT2D eigenvalue weighted by atomic mass is 19.4. The van der Waals surface area contributed by atoms with Gasteiger partial charge in [0.1, 0.15) is 0 Å². The van der Waals surface area contributed by atoms with Crippen LogP contribution in [0.4, 0.5) is 13.2 Å². The number of alkyl halides is 3. The van der Waals surface area contributed by atoms with Crippen LogP contribution in [0.25, 0.3) is 17.1 Å². The van der Waals surface area contributed by atoms with Crippen molar-refractivity contribution in [1.82, 2.24) is 30.1 Å². The number of nitrogens with one attached hydrogen (secondary N) is 1. The topological polar surface area (TPSA) is 72.0 Å². The predicted octanol–water partition coefficient (Wildman–Crippen LogP) is 2.83. The highest BCUT2D eigenvalue weighted by Crippen LogP contribution is 2.31. The molecule has 1 fully saturated rings. The van der Waals surface area contributed by atoms with E-state index in [9.17, 15) is 13.2 Å². The van der Waals surface area contributed by atoms with Gasteiger partial charge in [0.2, 0.25) is 0 Å². The van der Waals surface area contributed by atoms with Crippen LogP contribution in [0.3, 0.4) is 0 Å². The van der Waals surface area contributed by atoms with Gasteiger partial charge >= 0.3 is 6.18 Å². The summed E-state index contributed by atoms with van der Waals surface area (Å²) in [7, 11) is 2.00. The van der Waals surface area contributed by atoms with Crippen molar-refractivity contribution in [3.8, 4) is 17.1 Å². The normalized spacial score (nSPS) is 18.5. The molecule has 1 saturated heterocycles. The standard InChI is InChI=1S/C18H19F3N6O/c1-11-14(17-24-16(25-28-17)15-10-22-6-7-26(15)2)9-23-27(11)13-5-3-4-12(8-13)18(19,20)21/h3-5,8-9,15,22H,6-7,10H2,1-2H3. The molecule has 0 spiro atoms. The van der Waals surface area contributed by atoms with E-state index in [4.69, 9.17) is 4.52 Å². The van der Waals surface area contributed by atoms with Gasteiger partial charge in [0.15, 0.2) is 5.82 Å². The molecular weight excluding hydrogens is 373 g/mol. The number of hydrogen-bond acceptors (Lipinski definition) is 6. The minimum Gasteiger partial charge on any atom is -0.334 e. The summed E-state index contributed by atoms with van der Waals surface area (Å²) in [6.45, 7) is 4.25. The van der Waals surface area contributed by atoms with Crippen LogP contribution in [0.5, 0.6) is 0 Å². The van der Waals surface area contributed by atoms with E-state index in [0.29, 0.717) is 28.7 Å². The molecule has 0 bridgehead atoms. The van der Waals surface area contributed by atoms with E-state index < -0.39 is 11.7 Å². The second-order valence-corrected chi connectivity index (χ2v) is 6.76. The van der Waals surface area contributed by atoms with Crippen molar-refractivity contribution >= 4 is 0 Å². The zero-order valence-electron chi connectivity index (χ0n) is 15.4. The molecule has 1 aliphatic heterocycles. The van der Waals surface area contributed by atoms with Gasteiger partial charge in [-0.1, -0.05) is 11.2 Å². The molecule has 0 saturated carbocycles. The van der Waals surface area contributed by atoms with Gasteiger partial charge in [0, 0.05) is 19.6 Å². The molecule has 1 aromatic carbocycles. The van der Waals surface area contributed by atoms with E-state index in [2.05, 4.69) is 25.5 Å². The van der Waals surface area contributed by atoms with Crippen molar-refractivity contribution in [1.29, 1.82) is 0 Å².